The van der Waals surface area contributed by atoms with Crippen LogP contribution in [0.5, 0.6) is 0 Å². The van der Waals surface area contributed by atoms with Gasteiger partial charge in [0.1, 0.15) is 0 Å². The standard InChI is InChI=1S/C15H17NO5/c1-3-5-14(18)21-10-13(17)16-12-8-6-11(7-9-12)15(19)20-4-2/h3,5-9H,4,10H2,1-2H3,(H,16,17)/b5-3+. The molecule has 0 aliphatic carbocycles. The monoisotopic (exact) mass is 291 g/mol. The Labute approximate surface area is 122 Å². The molecule has 0 saturated heterocycles. The van der Waals surface area contributed by atoms with Gasteiger partial charge >= 0.3 is 11.9 Å². The molecule has 0 unspecified atom stereocenters. The van der Waals surface area contributed by atoms with E-state index in [9.17, 15) is 14.4 Å². The number of hydrogen-bond donors (Lipinski definition) is 1. The molecule has 21 heavy (non-hydrogen) atoms. The zero-order valence-electron chi connectivity index (χ0n) is 11.9. The first-order valence-corrected chi connectivity index (χ1v) is 6.43. The molecule has 0 aliphatic heterocycles. The number of anilines is 1. The third-order valence-electron chi connectivity index (χ3n) is 2.33. The Hall–Kier alpha value is -2.63. The highest BCUT2D eigenvalue weighted by Gasteiger charge is 2.08. The smallest absolute Gasteiger partial charge is 0.338 e. The van der Waals surface area contributed by atoms with Crippen LogP contribution < -0.4 is 5.32 Å². The summed E-state index contributed by atoms with van der Waals surface area (Å²) >= 11 is 0. The largest absolute Gasteiger partial charge is 0.462 e. The Bertz CT molecular complexity index is 533. The van der Waals surface area contributed by atoms with E-state index >= 15 is 0 Å². The highest BCUT2D eigenvalue weighted by Crippen LogP contribution is 2.10. The number of ether oxygens (including phenoxy) is 2. The third-order valence-corrected chi connectivity index (χ3v) is 2.33. The number of benzene rings is 1. The second-order valence-corrected chi connectivity index (χ2v) is 3.95. The van der Waals surface area contributed by atoms with Gasteiger partial charge in [-0.1, -0.05) is 6.08 Å². The van der Waals surface area contributed by atoms with Crippen molar-refractivity contribution in [3.63, 3.8) is 0 Å². The van der Waals surface area contributed by atoms with Crippen molar-refractivity contribution >= 4 is 23.5 Å². The van der Waals surface area contributed by atoms with Crippen LogP contribution >= 0.6 is 0 Å². The summed E-state index contributed by atoms with van der Waals surface area (Å²) in [7, 11) is 0. The predicted octanol–water partition coefficient (Wildman–Crippen LogP) is 1.92. The first-order chi connectivity index (χ1) is 10.1. The minimum absolute atomic E-state index is 0.300. The van der Waals surface area contributed by atoms with E-state index in [-0.39, 0.29) is 6.61 Å². The Kier molecular flexibility index (Phi) is 6.67. The van der Waals surface area contributed by atoms with E-state index < -0.39 is 17.8 Å². The summed E-state index contributed by atoms with van der Waals surface area (Å²) < 4.78 is 9.54. The average molecular weight is 291 g/mol. The molecule has 0 spiro atoms. The van der Waals surface area contributed by atoms with E-state index in [0.717, 1.165) is 0 Å². The minimum Gasteiger partial charge on any atom is -0.462 e. The molecule has 0 bridgehead atoms. The van der Waals surface area contributed by atoms with Gasteiger partial charge in [0.15, 0.2) is 6.61 Å². The van der Waals surface area contributed by atoms with E-state index in [2.05, 4.69) is 5.32 Å². The second kappa shape index (κ2) is 8.52. The van der Waals surface area contributed by atoms with Crippen LogP contribution in [-0.2, 0) is 19.1 Å². The molecule has 1 amide bonds. The lowest BCUT2D eigenvalue weighted by molar-refractivity contribution is -0.142. The second-order valence-electron chi connectivity index (χ2n) is 3.95. The third kappa shape index (κ3) is 5.90. The molecule has 0 saturated carbocycles. The van der Waals surface area contributed by atoms with Crippen molar-refractivity contribution < 1.29 is 23.9 Å². The Balaban J connectivity index is 2.50. The number of hydrogen-bond acceptors (Lipinski definition) is 5. The molecule has 0 fully saturated rings. The number of allylic oxidation sites excluding steroid dienone is 1. The highest BCUT2D eigenvalue weighted by atomic mass is 16.5. The van der Waals surface area contributed by atoms with Gasteiger partial charge in [-0.05, 0) is 38.1 Å². The van der Waals surface area contributed by atoms with Crippen LogP contribution in [0.1, 0.15) is 24.2 Å². The maximum Gasteiger partial charge on any atom is 0.338 e. The Morgan fingerprint density at radius 2 is 1.81 bits per heavy atom. The number of esters is 2. The lowest BCUT2D eigenvalue weighted by Crippen LogP contribution is -2.20. The zero-order chi connectivity index (χ0) is 15.7. The zero-order valence-corrected chi connectivity index (χ0v) is 11.9. The molecule has 1 aromatic carbocycles. The molecule has 6 heteroatoms. The normalized spacial score (nSPS) is 10.2. The molecular formula is C15H17NO5. The summed E-state index contributed by atoms with van der Waals surface area (Å²) in [6.07, 6.45) is 2.75. The first-order valence-electron chi connectivity index (χ1n) is 6.43. The van der Waals surface area contributed by atoms with Crippen LogP contribution in [-0.4, -0.2) is 31.1 Å². The summed E-state index contributed by atoms with van der Waals surface area (Å²) in [6, 6.07) is 6.22. The van der Waals surface area contributed by atoms with Crippen LogP contribution in [0.3, 0.4) is 0 Å². The SMILES string of the molecule is C/C=C/C(=O)OCC(=O)Nc1ccc(C(=O)OCC)cc1. The van der Waals surface area contributed by atoms with E-state index in [0.29, 0.717) is 17.9 Å². The molecular weight excluding hydrogens is 274 g/mol. The van der Waals surface area contributed by atoms with E-state index in [1.807, 2.05) is 0 Å². The number of amides is 1. The van der Waals surface area contributed by atoms with E-state index in [4.69, 9.17) is 9.47 Å². The average Bonchev–Trinajstić information content (AvgIpc) is 2.46. The summed E-state index contributed by atoms with van der Waals surface area (Å²) in [4.78, 5) is 34.0. The van der Waals surface area contributed by atoms with Crippen molar-refractivity contribution in [3.8, 4) is 0 Å². The molecule has 0 radical (unpaired) electrons. The molecule has 0 atom stereocenters. The van der Waals surface area contributed by atoms with Crippen molar-refractivity contribution in [1.82, 2.24) is 0 Å². The van der Waals surface area contributed by atoms with Crippen molar-refractivity contribution in [2.45, 2.75) is 13.8 Å². The lowest BCUT2D eigenvalue weighted by atomic mass is 10.2. The van der Waals surface area contributed by atoms with Gasteiger partial charge in [0.2, 0.25) is 0 Å². The van der Waals surface area contributed by atoms with Gasteiger partial charge < -0.3 is 14.8 Å². The van der Waals surface area contributed by atoms with Gasteiger partial charge in [0.25, 0.3) is 5.91 Å². The van der Waals surface area contributed by atoms with Gasteiger partial charge in [-0.3, -0.25) is 4.79 Å². The van der Waals surface area contributed by atoms with E-state index in [1.54, 1.807) is 38.1 Å². The van der Waals surface area contributed by atoms with E-state index in [1.165, 1.54) is 12.2 Å². The van der Waals surface area contributed by atoms with Crippen molar-refractivity contribution in [2.24, 2.45) is 0 Å². The summed E-state index contributed by atoms with van der Waals surface area (Å²) in [5.74, 6) is -1.46. The molecule has 1 aromatic rings. The fourth-order valence-corrected chi connectivity index (χ4v) is 1.42. The highest BCUT2D eigenvalue weighted by molar-refractivity contribution is 5.95. The van der Waals surface area contributed by atoms with Gasteiger partial charge in [0, 0.05) is 11.8 Å². The maximum absolute atomic E-state index is 11.5. The van der Waals surface area contributed by atoms with Crippen LogP contribution in [0.4, 0.5) is 5.69 Å². The summed E-state index contributed by atoms with van der Waals surface area (Å²) in [6.45, 7) is 3.33. The molecule has 0 aliphatic rings. The minimum atomic E-state index is -0.578. The van der Waals surface area contributed by atoms with Gasteiger partial charge in [0.05, 0.1) is 12.2 Å². The fraction of sp³-hybridized carbons (Fsp3) is 0.267. The van der Waals surface area contributed by atoms with Gasteiger partial charge in [-0.15, -0.1) is 0 Å². The maximum atomic E-state index is 11.5. The summed E-state index contributed by atoms with van der Waals surface area (Å²) in [5.41, 5.74) is 0.893. The predicted molar refractivity (Wildman–Crippen MR) is 76.8 cm³/mol. The van der Waals surface area contributed by atoms with Crippen molar-refractivity contribution in [1.29, 1.82) is 0 Å². The topological polar surface area (TPSA) is 81.7 Å². The van der Waals surface area contributed by atoms with Crippen molar-refractivity contribution in [2.75, 3.05) is 18.5 Å². The molecule has 1 rings (SSSR count). The molecule has 6 nitrogen and oxygen atoms in total. The number of rotatable bonds is 6. The molecule has 112 valence electrons. The molecule has 0 heterocycles. The van der Waals surface area contributed by atoms with Crippen LogP contribution in [0.2, 0.25) is 0 Å². The Morgan fingerprint density at radius 3 is 2.38 bits per heavy atom. The van der Waals surface area contributed by atoms with Crippen LogP contribution in [0.25, 0.3) is 0 Å². The summed E-state index contributed by atoms with van der Waals surface area (Å²) in [5, 5.41) is 2.55. The van der Waals surface area contributed by atoms with Crippen molar-refractivity contribution in [3.05, 3.63) is 42.0 Å². The van der Waals surface area contributed by atoms with Gasteiger partial charge in [-0.2, -0.15) is 0 Å². The van der Waals surface area contributed by atoms with Crippen LogP contribution in [0.15, 0.2) is 36.4 Å². The van der Waals surface area contributed by atoms with Gasteiger partial charge in [-0.25, -0.2) is 9.59 Å². The number of carbonyl (C=O) groups excluding carboxylic acids is 3. The first kappa shape index (κ1) is 16.4. The number of carbonyl (C=O) groups is 3. The lowest BCUT2D eigenvalue weighted by Gasteiger charge is -2.06. The number of nitrogens with one attached hydrogen (secondary N) is 1. The molecule has 0 aromatic heterocycles. The Morgan fingerprint density at radius 1 is 1.14 bits per heavy atom. The van der Waals surface area contributed by atoms with Crippen LogP contribution in [0, 0.1) is 0 Å². The quantitative estimate of drug-likeness (QED) is 0.639. The molecule has 1 N–H and O–H groups in total. The fourth-order valence-electron chi connectivity index (χ4n) is 1.42.